The second-order valence-corrected chi connectivity index (χ2v) is 6.88. The van der Waals surface area contributed by atoms with Gasteiger partial charge in [-0.15, -0.1) is 0 Å². The van der Waals surface area contributed by atoms with Crippen LogP contribution in [0.25, 0.3) is 0 Å². The number of carboxylic acid groups (broad SMARTS) is 1. The van der Waals surface area contributed by atoms with Gasteiger partial charge in [-0.05, 0) is 40.0 Å². The first-order chi connectivity index (χ1) is 9.17. The Bertz CT molecular complexity index is 358. The Balaban J connectivity index is 2.38. The second kappa shape index (κ2) is 6.46. The van der Waals surface area contributed by atoms with Gasteiger partial charge in [0.15, 0.2) is 0 Å². The first-order valence-electron chi connectivity index (χ1n) is 7.46. The van der Waals surface area contributed by atoms with Gasteiger partial charge < -0.3 is 15.7 Å². The van der Waals surface area contributed by atoms with E-state index in [0.717, 1.165) is 12.3 Å². The molecule has 0 spiro atoms. The minimum atomic E-state index is -1.03. The fourth-order valence-corrected chi connectivity index (χ4v) is 2.44. The van der Waals surface area contributed by atoms with Crippen LogP contribution in [0.15, 0.2) is 0 Å². The molecule has 0 aromatic carbocycles. The molecule has 1 saturated carbocycles. The van der Waals surface area contributed by atoms with E-state index in [-0.39, 0.29) is 6.03 Å². The number of nitrogens with one attached hydrogen (secondary N) is 2. The lowest BCUT2D eigenvalue weighted by molar-refractivity contribution is -0.150. The van der Waals surface area contributed by atoms with Crippen molar-refractivity contribution in [3.63, 3.8) is 0 Å². The predicted octanol–water partition coefficient (Wildman–Crippen LogP) is 2.76. The maximum Gasteiger partial charge on any atom is 0.315 e. The topological polar surface area (TPSA) is 78.4 Å². The minimum Gasteiger partial charge on any atom is -0.481 e. The van der Waals surface area contributed by atoms with Crippen LogP contribution in [0.5, 0.6) is 0 Å². The van der Waals surface area contributed by atoms with E-state index in [1.165, 1.54) is 25.7 Å². The van der Waals surface area contributed by atoms with Gasteiger partial charge in [-0.25, -0.2) is 4.79 Å². The molecule has 116 valence electrons. The standard InChI is InChI=1S/C15H28N2O3/c1-14(2,12(18)19)15(3,4)17-13(20)16-10-9-11-7-5-6-8-11/h11H,5-10H2,1-4H3,(H,18,19)(H2,16,17,20). The molecule has 3 N–H and O–H groups in total. The van der Waals surface area contributed by atoms with E-state index in [4.69, 9.17) is 0 Å². The minimum absolute atomic E-state index is 0.290. The number of rotatable bonds is 6. The third-order valence-corrected chi connectivity index (χ3v) is 4.84. The van der Waals surface area contributed by atoms with Crippen molar-refractivity contribution in [1.82, 2.24) is 10.6 Å². The van der Waals surface area contributed by atoms with Crippen molar-refractivity contribution in [2.75, 3.05) is 6.54 Å². The van der Waals surface area contributed by atoms with Crippen LogP contribution >= 0.6 is 0 Å². The number of carbonyl (C=O) groups is 2. The fraction of sp³-hybridized carbons (Fsp3) is 0.867. The highest BCUT2D eigenvalue weighted by molar-refractivity contribution is 5.79. The zero-order chi connectivity index (χ0) is 15.4. The molecule has 0 bridgehead atoms. The van der Waals surface area contributed by atoms with Gasteiger partial charge in [0.2, 0.25) is 0 Å². The van der Waals surface area contributed by atoms with Gasteiger partial charge in [0.1, 0.15) is 0 Å². The molecule has 0 radical (unpaired) electrons. The van der Waals surface area contributed by atoms with Gasteiger partial charge in [-0.1, -0.05) is 25.7 Å². The monoisotopic (exact) mass is 284 g/mol. The molecule has 0 heterocycles. The molecule has 5 heteroatoms. The van der Waals surface area contributed by atoms with E-state index < -0.39 is 16.9 Å². The van der Waals surface area contributed by atoms with Crippen molar-refractivity contribution < 1.29 is 14.7 Å². The molecule has 0 aliphatic heterocycles. The van der Waals surface area contributed by atoms with Crippen molar-refractivity contribution in [2.24, 2.45) is 11.3 Å². The van der Waals surface area contributed by atoms with Crippen molar-refractivity contribution in [3.8, 4) is 0 Å². The first kappa shape index (κ1) is 16.8. The van der Waals surface area contributed by atoms with Crippen molar-refractivity contribution in [3.05, 3.63) is 0 Å². The summed E-state index contributed by atoms with van der Waals surface area (Å²) >= 11 is 0. The van der Waals surface area contributed by atoms with Crippen LogP contribution in [0.2, 0.25) is 0 Å². The van der Waals surface area contributed by atoms with E-state index in [1.807, 2.05) is 0 Å². The molecule has 20 heavy (non-hydrogen) atoms. The highest BCUT2D eigenvalue weighted by Gasteiger charge is 2.44. The molecule has 1 rings (SSSR count). The average molecular weight is 284 g/mol. The number of amides is 2. The molecule has 5 nitrogen and oxygen atoms in total. The summed E-state index contributed by atoms with van der Waals surface area (Å²) in [6.07, 6.45) is 6.14. The summed E-state index contributed by atoms with van der Waals surface area (Å²) in [5, 5.41) is 14.8. The Morgan fingerprint density at radius 1 is 1.15 bits per heavy atom. The van der Waals surface area contributed by atoms with Crippen LogP contribution in [0.4, 0.5) is 4.79 Å². The predicted molar refractivity (Wildman–Crippen MR) is 78.6 cm³/mol. The smallest absolute Gasteiger partial charge is 0.315 e. The third-order valence-electron chi connectivity index (χ3n) is 4.84. The Kier molecular flexibility index (Phi) is 5.42. The van der Waals surface area contributed by atoms with Gasteiger partial charge in [0.05, 0.1) is 11.0 Å². The molecule has 0 saturated heterocycles. The molecule has 0 aromatic heterocycles. The normalized spacial score (nSPS) is 17.0. The van der Waals surface area contributed by atoms with Crippen molar-refractivity contribution >= 4 is 12.0 Å². The molecule has 1 aliphatic carbocycles. The van der Waals surface area contributed by atoms with Crippen LogP contribution < -0.4 is 10.6 Å². The number of carbonyl (C=O) groups excluding carboxylic acids is 1. The number of hydrogen-bond donors (Lipinski definition) is 3. The second-order valence-electron chi connectivity index (χ2n) is 6.88. The van der Waals surface area contributed by atoms with E-state index in [2.05, 4.69) is 10.6 Å². The maximum absolute atomic E-state index is 11.9. The Morgan fingerprint density at radius 3 is 2.20 bits per heavy atom. The fourth-order valence-electron chi connectivity index (χ4n) is 2.44. The lowest BCUT2D eigenvalue weighted by Gasteiger charge is -2.38. The van der Waals surface area contributed by atoms with Gasteiger partial charge >= 0.3 is 12.0 Å². The molecule has 0 atom stereocenters. The number of hydrogen-bond acceptors (Lipinski definition) is 2. The summed E-state index contributed by atoms with van der Waals surface area (Å²) in [6.45, 7) is 7.36. The summed E-state index contributed by atoms with van der Waals surface area (Å²) in [5.74, 6) is -0.187. The summed E-state index contributed by atoms with van der Waals surface area (Å²) in [4.78, 5) is 23.2. The molecule has 0 aromatic rings. The lowest BCUT2D eigenvalue weighted by Crippen LogP contribution is -2.59. The molecule has 1 aliphatic rings. The Labute approximate surface area is 121 Å². The van der Waals surface area contributed by atoms with Crippen molar-refractivity contribution in [2.45, 2.75) is 65.3 Å². The summed E-state index contributed by atoms with van der Waals surface area (Å²) in [6, 6.07) is -0.290. The van der Waals surface area contributed by atoms with Crippen LogP contribution in [-0.2, 0) is 4.79 Å². The van der Waals surface area contributed by atoms with E-state index >= 15 is 0 Å². The van der Waals surface area contributed by atoms with Crippen LogP contribution in [-0.4, -0.2) is 29.2 Å². The largest absolute Gasteiger partial charge is 0.481 e. The van der Waals surface area contributed by atoms with E-state index in [9.17, 15) is 14.7 Å². The highest BCUT2D eigenvalue weighted by Crippen LogP contribution is 2.30. The van der Waals surface area contributed by atoms with E-state index in [0.29, 0.717) is 6.54 Å². The number of carboxylic acids is 1. The van der Waals surface area contributed by atoms with Crippen LogP contribution in [0.3, 0.4) is 0 Å². The molecule has 0 unspecified atom stereocenters. The Morgan fingerprint density at radius 2 is 1.70 bits per heavy atom. The zero-order valence-electron chi connectivity index (χ0n) is 13.1. The number of aliphatic carboxylic acids is 1. The number of urea groups is 1. The van der Waals surface area contributed by atoms with Gasteiger partial charge in [-0.3, -0.25) is 4.79 Å². The van der Waals surface area contributed by atoms with Crippen molar-refractivity contribution in [1.29, 1.82) is 0 Å². The van der Waals surface area contributed by atoms with Gasteiger partial charge in [-0.2, -0.15) is 0 Å². The van der Waals surface area contributed by atoms with E-state index in [1.54, 1.807) is 27.7 Å². The third kappa shape index (κ3) is 4.12. The Hall–Kier alpha value is -1.26. The molecular weight excluding hydrogens is 256 g/mol. The maximum atomic E-state index is 11.9. The molecular formula is C15H28N2O3. The lowest BCUT2D eigenvalue weighted by atomic mass is 9.74. The van der Waals surface area contributed by atoms with Crippen LogP contribution in [0, 0.1) is 11.3 Å². The highest BCUT2D eigenvalue weighted by atomic mass is 16.4. The van der Waals surface area contributed by atoms with Gasteiger partial charge in [0, 0.05) is 6.54 Å². The zero-order valence-corrected chi connectivity index (χ0v) is 13.1. The van der Waals surface area contributed by atoms with Crippen LogP contribution in [0.1, 0.15) is 59.8 Å². The average Bonchev–Trinajstić information content (AvgIpc) is 2.80. The molecule has 2 amide bonds. The summed E-state index contributed by atoms with van der Waals surface area (Å²) < 4.78 is 0. The summed E-state index contributed by atoms with van der Waals surface area (Å²) in [5.41, 5.74) is -1.86. The summed E-state index contributed by atoms with van der Waals surface area (Å²) in [7, 11) is 0. The first-order valence-corrected chi connectivity index (χ1v) is 7.46. The van der Waals surface area contributed by atoms with Gasteiger partial charge in [0.25, 0.3) is 0 Å². The SMILES string of the molecule is CC(C)(NC(=O)NCCC1CCCC1)C(C)(C)C(=O)O. The quantitative estimate of drug-likeness (QED) is 0.701. The molecule has 1 fully saturated rings.